The molecule has 5 aromatic rings. The van der Waals surface area contributed by atoms with Crippen molar-refractivity contribution in [2.75, 3.05) is 0 Å². The summed E-state index contributed by atoms with van der Waals surface area (Å²) in [5, 5.41) is 11.6. The standard InChI is InChI=1S/C20H12N2O2/c1-2-7-14(8-3-1)19-21-22-20(24-19)18-12-16-15-9-5-4-6-13(15)10-11-17(16)23-18/h1-12H. The van der Waals surface area contributed by atoms with Crippen LogP contribution in [0.1, 0.15) is 0 Å². The van der Waals surface area contributed by atoms with Gasteiger partial charge in [-0.1, -0.05) is 48.5 Å². The Morgan fingerprint density at radius 3 is 2.33 bits per heavy atom. The maximum Gasteiger partial charge on any atom is 0.283 e. The number of hydrogen-bond acceptors (Lipinski definition) is 4. The fourth-order valence-corrected chi connectivity index (χ4v) is 2.92. The van der Waals surface area contributed by atoms with Gasteiger partial charge in [-0.2, -0.15) is 0 Å². The summed E-state index contributed by atoms with van der Waals surface area (Å²) in [6.07, 6.45) is 0. The van der Waals surface area contributed by atoms with E-state index in [1.54, 1.807) is 0 Å². The molecule has 4 nitrogen and oxygen atoms in total. The van der Waals surface area contributed by atoms with Crippen molar-refractivity contribution < 1.29 is 8.83 Å². The molecular weight excluding hydrogens is 300 g/mol. The summed E-state index contributed by atoms with van der Waals surface area (Å²) in [6.45, 7) is 0. The number of hydrogen-bond donors (Lipinski definition) is 0. The normalized spacial score (nSPS) is 11.3. The number of nitrogens with zero attached hydrogens (tertiary/aromatic N) is 2. The van der Waals surface area contributed by atoms with Crippen molar-refractivity contribution in [2.45, 2.75) is 0 Å². The molecule has 0 bridgehead atoms. The van der Waals surface area contributed by atoms with Gasteiger partial charge in [-0.15, -0.1) is 10.2 Å². The van der Waals surface area contributed by atoms with Gasteiger partial charge in [0.25, 0.3) is 5.89 Å². The zero-order chi connectivity index (χ0) is 15.9. The molecule has 5 rings (SSSR count). The Hall–Kier alpha value is -3.40. The maximum atomic E-state index is 5.92. The first-order valence-electron chi connectivity index (χ1n) is 7.69. The molecular formula is C20H12N2O2. The highest BCUT2D eigenvalue weighted by molar-refractivity contribution is 6.06. The number of furan rings is 1. The van der Waals surface area contributed by atoms with Crippen LogP contribution in [0.25, 0.3) is 44.8 Å². The molecule has 0 aliphatic heterocycles. The summed E-state index contributed by atoms with van der Waals surface area (Å²) in [5.41, 5.74) is 1.70. The van der Waals surface area contributed by atoms with E-state index in [9.17, 15) is 0 Å². The van der Waals surface area contributed by atoms with Crippen LogP contribution in [-0.4, -0.2) is 10.2 Å². The zero-order valence-electron chi connectivity index (χ0n) is 12.6. The van der Waals surface area contributed by atoms with Gasteiger partial charge < -0.3 is 8.83 Å². The Morgan fingerprint density at radius 1 is 0.625 bits per heavy atom. The number of benzene rings is 3. The summed E-state index contributed by atoms with van der Waals surface area (Å²) in [7, 11) is 0. The van der Waals surface area contributed by atoms with E-state index < -0.39 is 0 Å². The molecule has 0 spiro atoms. The van der Waals surface area contributed by atoms with Crippen LogP contribution in [0.4, 0.5) is 0 Å². The fourth-order valence-electron chi connectivity index (χ4n) is 2.92. The van der Waals surface area contributed by atoms with E-state index in [1.165, 1.54) is 5.39 Å². The van der Waals surface area contributed by atoms with Crippen LogP contribution in [-0.2, 0) is 0 Å². The number of rotatable bonds is 2. The smallest absolute Gasteiger partial charge is 0.283 e. The molecule has 0 amide bonds. The van der Waals surface area contributed by atoms with Crippen LogP contribution >= 0.6 is 0 Å². The van der Waals surface area contributed by atoms with Gasteiger partial charge in [-0.05, 0) is 35.0 Å². The third-order valence-electron chi connectivity index (χ3n) is 4.08. The molecule has 2 aromatic heterocycles. The van der Waals surface area contributed by atoms with Gasteiger partial charge in [0, 0.05) is 10.9 Å². The lowest BCUT2D eigenvalue weighted by atomic mass is 10.1. The highest BCUT2D eigenvalue weighted by atomic mass is 16.4. The molecule has 2 heterocycles. The van der Waals surface area contributed by atoms with E-state index >= 15 is 0 Å². The first-order chi connectivity index (χ1) is 11.9. The average Bonchev–Trinajstić information content (AvgIpc) is 3.29. The summed E-state index contributed by atoms with van der Waals surface area (Å²) < 4.78 is 11.7. The maximum absolute atomic E-state index is 5.92. The minimum Gasteiger partial charge on any atom is -0.451 e. The molecule has 0 radical (unpaired) electrons. The Kier molecular flexibility index (Phi) is 2.76. The van der Waals surface area contributed by atoms with E-state index in [4.69, 9.17) is 8.83 Å². The van der Waals surface area contributed by atoms with Gasteiger partial charge in [-0.25, -0.2) is 0 Å². The molecule has 0 aliphatic rings. The lowest BCUT2D eigenvalue weighted by Crippen LogP contribution is -1.75. The topological polar surface area (TPSA) is 52.1 Å². The zero-order valence-corrected chi connectivity index (χ0v) is 12.6. The van der Waals surface area contributed by atoms with E-state index in [0.717, 1.165) is 21.9 Å². The van der Waals surface area contributed by atoms with Crippen molar-refractivity contribution in [1.82, 2.24) is 10.2 Å². The largest absolute Gasteiger partial charge is 0.451 e. The minimum atomic E-state index is 0.383. The van der Waals surface area contributed by atoms with Gasteiger partial charge in [0.15, 0.2) is 5.76 Å². The first-order valence-corrected chi connectivity index (χ1v) is 7.69. The molecule has 24 heavy (non-hydrogen) atoms. The molecule has 0 saturated carbocycles. The second kappa shape index (κ2) is 5.06. The Bertz CT molecular complexity index is 1160. The van der Waals surface area contributed by atoms with Gasteiger partial charge in [-0.3, -0.25) is 0 Å². The first kappa shape index (κ1) is 13.1. The Labute approximate surface area is 137 Å². The molecule has 0 saturated heterocycles. The van der Waals surface area contributed by atoms with Crippen molar-refractivity contribution in [2.24, 2.45) is 0 Å². The van der Waals surface area contributed by atoms with Crippen LogP contribution in [0.2, 0.25) is 0 Å². The fraction of sp³-hybridized carbons (Fsp3) is 0. The summed E-state index contributed by atoms with van der Waals surface area (Å²) in [4.78, 5) is 0. The summed E-state index contributed by atoms with van der Waals surface area (Å²) in [5.74, 6) is 1.45. The van der Waals surface area contributed by atoms with Crippen molar-refractivity contribution in [3.8, 4) is 23.1 Å². The van der Waals surface area contributed by atoms with Crippen LogP contribution in [0.3, 0.4) is 0 Å². The molecule has 0 atom stereocenters. The van der Waals surface area contributed by atoms with Gasteiger partial charge in [0.05, 0.1) is 0 Å². The molecule has 0 aliphatic carbocycles. The SMILES string of the molecule is c1ccc(-c2nnc(-c3cc4c(ccc5ccccc54)o3)o2)cc1. The molecule has 0 unspecified atom stereocenters. The van der Waals surface area contributed by atoms with Crippen molar-refractivity contribution in [1.29, 1.82) is 0 Å². The summed E-state index contributed by atoms with van der Waals surface area (Å²) >= 11 is 0. The van der Waals surface area contributed by atoms with Crippen molar-refractivity contribution in [3.05, 3.63) is 72.8 Å². The highest BCUT2D eigenvalue weighted by Gasteiger charge is 2.15. The second-order valence-electron chi connectivity index (χ2n) is 5.59. The van der Waals surface area contributed by atoms with E-state index in [2.05, 4.69) is 22.3 Å². The van der Waals surface area contributed by atoms with Crippen LogP contribution in [0, 0.1) is 0 Å². The lowest BCUT2D eigenvalue weighted by molar-refractivity contribution is 0.542. The van der Waals surface area contributed by atoms with E-state index in [-0.39, 0.29) is 0 Å². The Balaban J connectivity index is 1.65. The van der Waals surface area contributed by atoms with Crippen molar-refractivity contribution in [3.63, 3.8) is 0 Å². The third-order valence-corrected chi connectivity index (χ3v) is 4.08. The van der Waals surface area contributed by atoms with Crippen LogP contribution < -0.4 is 0 Å². The quantitative estimate of drug-likeness (QED) is 0.443. The van der Waals surface area contributed by atoms with E-state index in [1.807, 2.05) is 60.7 Å². The highest BCUT2D eigenvalue weighted by Crippen LogP contribution is 2.33. The molecule has 4 heteroatoms. The van der Waals surface area contributed by atoms with E-state index in [0.29, 0.717) is 17.5 Å². The molecule has 0 fully saturated rings. The van der Waals surface area contributed by atoms with Gasteiger partial charge in [0.1, 0.15) is 5.58 Å². The van der Waals surface area contributed by atoms with Crippen LogP contribution in [0.15, 0.2) is 81.6 Å². The minimum absolute atomic E-state index is 0.383. The summed E-state index contributed by atoms with van der Waals surface area (Å²) in [6, 6.07) is 23.9. The van der Waals surface area contributed by atoms with Gasteiger partial charge >= 0.3 is 0 Å². The molecule has 3 aromatic carbocycles. The number of aromatic nitrogens is 2. The number of fused-ring (bicyclic) bond motifs is 3. The molecule has 0 N–H and O–H groups in total. The average molecular weight is 312 g/mol. The second-order valence-corrected chi connectivity index (χ2v) is 5.59. The predicted octanol–water partition coefficient (Wildman–Crippen LogP) is 5.30. The van der Waals surface area contributed by atoms with Crippen molar-refractivity contribution >= 4 is 21.7 Å². The molecule has 114 valence electrons. The predicted molar refractivity (Wildman–Crippen MR) is 92.4 cm³/mol. The lowest BCUT2D eigenvalue weighted by Gasteiger charge is -1.96. The Morgan fingerprint density at radius 2 is 1.42 bits per heavy atom. The monoisotopic (exact) mass is 312 g/mol. The third kappa shape index (κ3) is 2.01. The van der Waals surface area contributed by atoms with Gasteiger partial charge in [0.2, 0.25) is 5.89 Å². The van der Waals surface area contributed by atoms with Crippen LogP contribution in [0.5, 0.6) is 0 Å².